The number of hydrogen-bond acceptors (Lipinski definition) is 3. The van der Waals surface area contributed by atoms with Gasteiger partial charge in [-0.2, -0.15) is 0 Å². The van der Waals surface area contributed by atoms with Crippen LogP contribution in [-0.4, -0.2) is 32.7 Å². The summed E-state index contributed by atoms with van der Waals surface area (Å²) in [6.45, 7) is 20.0. The zero-order valence-corrected chi connectivity index (χ0v) is 17.6. The summed E-state index contributed by atoms with van der Waals surface area (Å²) in [6, 6.07) is 0. The average molecular weight is 338 g/mol. The molecule has 0 amide bonds. The highest BCUT2D eigenvalue weighted by atomic mass is 28.4. The van der Waals surface area contributed by atoms with Crippen LogP contribution in [-0.2, 0) is 13.7 Å². The molecule has 0 saturated carbocycles. The monoisotopic (exact) mass is 338 g/mol. The van der Waals surface area contributed by atoms with Crippen molar-refractivity contribution >= 4 is 15.4 Å². The highest BCUT2D eigenvalue weighted by Gasteiger charge is 2.52. The van der Waals surface area contributed by atoms with Gasteiger partial charge in [0.25, 0.3) is 0 Å². The second-order valence-corrected chi connectivity index (χ2v) is 14.4. The van der Waals surface area contributed by atoms with Crippen molar-refractivity contribution in [1.82, 2.24) is 0 Å². The summed E-state index contributed by atoms with van der Waals surface area (Å²) in [5, 5.41) is 0.267. The van der Waals surface area contributed by atoms with Crippen LogP contribution < -0.4 is 0 Å². The van der Waals surface area contributed by atoms with Gasteiger partial charge in [-0.05, 0) is 70.6 Å². The van der Waals surface area contributed by atoms with Gasteiger partial charge in [-0.3, -0.25) is 0 Å². The standard InChI is InChI=1S/C18H35BO3Si/c1-16(2,3)23(8,9)20-15-12-10-14(11-13-15)19-21-17(4,5)18(6,7)22-19/h10,15H,11-13H2,1-9H3. The van der Waals surface area contributed by atoms with Crippen molar-refractivity contribution in [3.05, 3.63) is 11.5 Å². The van der Waals surface area contributed by atoms with E-state index in [0.717, 1.165) is 19.3 Å². The lowest BCUT2D eigenvalue weighted by molar-refractivity contribution is 0.00578. The minimum atomic E-state index is -1.68. The molecule has 1 atom stereocenters. The van der Waals surface area contributed by atoms with Crippen molar-refractivity contribution < 1.29 is 13.7 Å². The maximum absolute atomic E-state index is 6.55. The Bertz CT molecular complexity index is 461. The first-order valence-electron chi connectivity index (χ1n) is 8.98. The molecule has 0 aromatic rings. The molecule has 2 rings (SSSR count). The fourth-order valence-electron chi connectivity index (χ4n) is 2.74. The number of rotatable bonds is 3. The van der Waals surface area contributed by atoms with Gasteiger partial charge in [0.15, 0.2) is 8.32 Å². The van der Waals surface area contributed by atoms with E-state index in [0.29, 0.717) is 6.10 Å². The van der Waals surface area contributed by atoms with Gasteiger partial charge in [0.2, 0.25) is 0 Å². The van der Waals surface area contributed by atoms with Crippen LogP contribution >= 0.6 is 0 Å². The fraction of sp³-hybridized carbons (Fsp3) is 0.889. The molecule has 1 aliphatic heterocycles. The Morgan fingerprint density at radius 2 is 1.65 bits per heavy atom. The quantitative estimate of drug-likeness (QED) is 0.669. The van der Waals surface area contributed by atoms with E-state index >= 15 is 0 Å². The zero-order chi connectivity index (χ0) is 17.7. The maximum Gasteiger partial charge on any atom is 0.490 e. The Balaban J connectivity index is 1.98. The van der Waals surface area contributed by atoms with Gasteiger partial charge in [0.1, 0.15) is 0 Å². The molecule has 1 heterocycles. The molecule has 0 aromatic heterocycles. The molecule has 23 heavy (non-hydrogen) atoms. The first kappa shape index (κ1) is 19.2. The van der Waals surface area contributed by atoms with Crippen molar-refractivity contribution in [3.63, 3.8) is 0 Å². The Kier molecular flexibility index (Phi) is 5.02. The van der Waals surface area contributed by atoms with E-state index in [1.807, 2.05) is 0 Å². The highest BCUT2D eigenvalue weighted by molar-refractivity contribution is 6.74. The van der Waals surface area contributed by atoms with Crippen LogP contribution in [0.1, 0.15) is 67.7 Å². The van der Waals surface area contributed by atoms with Gasteiger partial charge in [-0.15, -0.1) is 0 Å². The molecule has 0 bridgehead atoms. The van der Waals surface area contributed by atoms with E-state index in [4.69, 9.17) is 13.7 Å². The van der Waals surface area contributed by atoms with E-state index < -0.39 is 8.32 Å². The second kappa shape index (κ2) is 6.01. The molecular formula is C18H35BO3Si. The predicted molar refractivity (Wildman–Crippen MR) is 100 cm³/mol. The summed E-state index contributed by atoms with van der Waals surface area (Å²) in [5.74, 6) is 0. The summed E-state index contributed by atoms with van der Waals surface area (Å²) in [6.07, 6.45) is 5.70. The third-order valence-electron chi connectivity index (χ3n) is 6.22. The van der Waals surface area contributed by atoms with Gasteiger partial charge < -0.3 is 13.7 Å². The molecule has 1 unspecified atom stereocenters. The number of hydrogen-bond donors (Lipinski definition) is 0. The summed E-state index contributed by atoms with van der Waals surface area (Å²) in [5.41, 5.74) is 0.777. The van der Waals surface area contributed by atoms with Crippen LogP contribution in [0.2, 0.25) is 18.1 Å². The van der Waals surface area contributed by atoms with Crippen molar-refractivity contribution in [1.29, 1.82) is 0 Å². The van der Waals surface area contributed by atoms with Crippen molar-refractivity contribution in [2.45, 2.75) is 103 Å². The van der Waals surface area contributed by atoms with Crippen LogP contribution in [0, 0.1) is 0 Å². The van der Waals surface area contributed by atoms with Crippen molar-refractivity contribution in [2.24, 2.45) is 0 Å². The normalized spacial score (nSPS) is 28.0. The molecular weight excluding hydrogens is 303 g/mol. The minimum Gasteiger partial charge on any atom is -0.414 e. The molecule has 3 nitrogen and oxygen atoms in total. The van der Waals surface area contributed by atoms with E-state index in [9.17, 15) is 0 Å². The summed E-state index contributed by atoms with van der Waals surface area (Å²) < 4.78 is 18.9. The van der Waals surface area contributed by atoms with E-state index in [2.05, 4.69) is 67.6 Å². The van der Waals surface area contributed by atoms with Crippen molar-refractivity contribution in [3.8, 4) is 0 Å². The molecule has 0 spiro atoms. The van der Waals surface area contributed by atoms with Gasteiger partial charge in [-0.1, -0.05) is 26.8 Å². The first-order valence-corrected chi connectivity index (χ1v) is 11.9. The van der Waals surface area contributed by atoms with Crippen LogP contribution in [0.15, 0.2) is 11.5 Å². The van der Waals surface area contributed by atoms with Crippen LogP contribution in [0.4, 0.5) is 0 Å². The summed E-state index contributed by atoms with van der Waals surface area (Å²) in [7, 11) is -1.87. The SMILES string of the molecule is CC1(C)OB(C2=CCC(O[Si](C)(C)C(C)(C)C)CC2)OC1(C)C. The van der Waals surface area contributed by atoms with E-state index in [1.165, 1.54) is 5.47 Å². The van der Waals surface area contributed by atoms with Gasteiger partial charge >= 0.3 is 7.12 Å². The lowest BCUT2D eigenvalue weighted by atomic mass is 9.72. The molecule has 1 fully saturated rings. The summed E-state index contributed by atoms with van der Waals surface area (Å²) >= 11 is 0. The molecule has 2 aliphatic rings. The third kappa shape index (κ3) is 3.94. The van der Waals surface area contributed by atoms with Gasteiger partial charge in [0, 0.05) is 6.10 Å². The molecule has 5 heteroatoms. The van der Waals surface area contributed by atoms with Crippen LogP contribution in [0.3, 0.4) is 0 Å². The third-order valence-corrected chi connectivity index (χ3v) is 10.8. The summed E-state index contributed by atoms with van der Waals surface area (Å²) in [4.78, 5) is 0. The van der Waals surface area contributed by atoms with Gasteiger partial charge in [0.05, 0.1) is 11.2 Å². The minimum absolute atomic E-state index is 0.186. The second-order valence-electron chi connectivity index (χ2n) is 9.64. The maximum atomic E-state index is 6.55. The Morgan fingerprint density at radius 3 is 2.04 bits per heavy atom. The smallest absolute Gasteiger partial charge is 0.414 e. The average Bonchev–Trinajstić information content (AvgIpc) is 2.57. The Hall–Kier alpha value is -0.0982. The van der Waals surface area contributed by atoms with E-state index in [-0.39, 0.29) is 23.4 Å². The molecule has 1 saturated heterocycles. The predicted octanol–water partition coefficient (Wildman–Crippen LogP) is 5.12. The molecule has 0 N–H and O–H groups in total. The molecule has 1 aliphatic carbocycles. The molecule has 0 aromatic carbocycles. The fourth-order valence-corrected chi connectivity index (χ4v) is 4.14. The molecule has 0 radical (unpaired) electrons. The first-order chi connectivity index (χ1) is 10.3. The van der Waals surface area contributed by atoms with Gasteiger partial charge in [-0.25, -0.2) is 0 Å². The lowest BCUT2D eigenvalue weighted by Gasteiger charge is -2.40. The Morgan fingerprint density at radius 1 is 1.13 bits per heavy atom. The van der Waals surface area contributed by atoms with Crippen LogP contribution in [0.25, 0.3) is 0 Å². The highest BCUT2D eigenvalue weighted by Crippen LogP contribution is 2.42. The van der Waals surface area contributed by atoms with Crippen LogP contribution in [0.5, 0.6) is 0 Å². The van der Waals surface area contributed by atoms with E-state index in [1.54, 1.807) is 0 Å². The zero-order valence-electron chi connectivity index (χ0n) is 16.6. The lowest BCUT2D eigenvalue weighted by Crippen LogP contribution is -2.44. The Labute approximate surface area is 144 Å². The molecule has 132 valence electrons. The topological polar surface area (TPSA) is 27.7 Å². The number of allylic oxidation sites excluding steroid dienone is 1. The largest absolute Gasteiger partial charge is 0.490 e. The van der Waals surface area contributed by atoms with Crippen molar-refractivity contribution in [2.75, 3.05) is 0 Å².